The number of amides is 3. The Morgan fingerprint density at radius 2 is 1.85 bits per heavy atom. The van der Waals surface area contributed by atoms with Crippen LogP contribution in [0.1, 0.15) is 76.2 Å². The number of hydrogen-bond donors (Lipinski definition) is 1. The number of nitrogens with one attached hydrogen (secondary N) is 1. The van der Waals surface area contributed by atoms with Gasteiger partial charge in [-0.2, -0.15) is 23.5 Å². The summed E-state index contributed by atoms with van der Waals surface area (Å²) in [4.78, 5) is 44.5. The number of halogens is 4. The van der Waals surface area contributed by atoms with E-state index in [9.17, 15) is 37.2 Å². The van der Waals surface area contributed by atoms with E-state index < -0.39 is 53.3 Å². The van der Waals surface area contributed by atoms with Crippen molar-refractivity contribution < 1.29 is 36.7 Å². The van der Waals surface area contributed by atoms with Crippen LogP contribution >= 0.6 is 0 Å². The summed E-state index contributed by atoms with van der Waals surface area (Å²) in [6.07, 6.45) is -3.63. The van der Waals surface area contributed by atoms with E-state index in [-0.39, 0.29) is 29.4 Å². The fourth-order valence-electron chi connectivity index (χ4n) is 5.89. The molecule has 1 aromatic heterocycles. The Balaban J connectivity index is 1.72. The lowest BCUT2D eigenvalue weighted by Crippen LogP contribution is -2.56. The maximum absolute atomic E-state index is 14.3. The van der Waals surface area contributed by atoms with Gasteiger partial charge in [0, 0.05) is 43.9 Å². The van der Waals surface area contributed by atoms with Crippen molar-refractivity contribution >= 4 is 23.5 Å². The minimum Gasteiger partial charge on any atom is -0.381 e. The maximum atomic E-state index is 14.3. The van der Waals surface area contributed by atoms with Gasteiger partial charge < -0.3 is 15.0 Å². The molecule has 0 aliphatic carbocycles. The Morgan fingerprint density at radius 1 is 1.17 bits per heavy atom. The van der Waals surface area contributed by atoms with Crippen LogP contribution in [0.5, 0.6) is 0 Å². The maximum Gasteiger partial charge on any atom is 0.416 e. The monoisotopic (exact) mass is 640 g/mol. The molecule has 2 aliphatic heterocycles. The number of alkyl halides is 3. The van der Waals surface area contributed by atoms with Crippen LogP contribution in [0, 0.1) is 17.1 Å². The molecule has 14 heteroatoms. The number of benzene rings is 2. The predicted octanol–water partition coefficient (Wildman–Crippen LogP) is 4.67. The summed E-state index contributed by atoms with van der Waals surface area (Å²) >= 11 is 0. The molecule has 242 valence electrons. The first-order valence-electron chi connectivity index (χ1n) is 14.8. The summed E-state index contributed by atoms with van der Waals surface area (Å²) < 4.78 is 61.7. The molecular weight excluding hydrogens is 608 g/mol. The third-order valence-corrected chi connectivity index (χ3v) is 8.46. The number of likely N-dealkylation sites (N-methyl/N-ethyl adjacent to an activating group) is 1. The van der Waals surface area contributed by atoms with Crippen LogP contribution < -0.4 is 10.2 Å². The van der Waals surface area contributed by atoms with Crippen LogP contribution in [0.15, 0.2) is 48.5 Å². The van der Waals surface area contributed by atoms with E-state index in [0.717, 1.165) is 12.1 Å². The lowest BCUT2D eigenvalue weighted by molar-refractivity contribution is -0.137. The van der Waals surface area contributed by atoms with Gasteiger partial charge in [-0.15, -0.1) is 0 Å². The number of ether oxygens (including phenoxy) is 1. The summed E-state index contributed by atoms with van der Waals surface area (Å²) in [7, 11) is 1.45. The zero-order valence-corrected chi connectivity index (χ0v) is 25.3. The summed E-state index contributed by atoms with van der Waals surface area (Å²) in [6.45, 7) is 4.19. The molecule has 5 rings (SSSR count). The van der Waals surface area contributed by atoms with Crippen molar-refractivity contribution in [3.05, 3.63) is 82.3 Å². The standard InChI is InChI=1S/C32H32F4N6O4/c1-4-41-29-25(27(30(44)40(3)18(2)17-37)39-42(29)23-12-14-46-15-13-23)24(19-8-10-22(33)11-9-19)26(31(41)45)38-28(43)20-6-5-7-21(16-20)32(34,35)36/h5-11,16,18,23-24,26H,4,12-15H2,1-3H3,(H,38,43)/t18-,24-,26-/m0/s1. The van der Waals surface area contributed by atoms with Crippen molar-refractivity contribution in [2.45, 2.75) is 56.9 Å². The number of rotatable bonds is 7. The van der Waals surface area contributed by atoms with E-state index >= 15 is 0 Å². The molecule has 1 saturated heterocycles. The number of hydrogen-bond acceptors (Lipinski definition) is 6. The Morgan fingerprint density at radius 3 is 2.46 bits per heavy atom. The lowest BCUT2D eigenvalue weighted by atomic mass is 9.80. The number of carbonyl (C=O) groups is 3. The first-order valence-corrected chi connectivity index (χ1v) is 14.8. The highest BCUT2D eigenvalue weighted by Gasteiger charge is 2.48. The first kappa shape index (κ1) is 32.6. The van der Waals surface area contributed by atoms with Crippen molar-refractivity contribution in [2.75, 3.05) is 31.7 Å². The quantitative estimate of drug-likeness (QED) is 0.375. The fourth-order valence-corrected chi connectivity index (χ4v) is 5.89. The summed E-state index contributed by atoms with van der Waals surface area (Å²) in [5, 5.41) is 16.9. The van der Waals surface area contributed by atoms with Crippen LogP contribution in [0.3, 0.4) is 0 Å². The molecule has 1 fully saturated rings. The smallest absolute Gasteiger partial charge is 0.381 e. The molecule has 0 saturated carbocycles. The minimum atomic E-state index is -4.71. The highest BCUT2D eigenvalue weighted by atomic mass is 19.4. The third-order valence-electron chi connectivity index (χ3n) is 8.46. The Bertz CT molecular complexity index is 1680. The van der Waals surface area contributed by atoms with Gasteiger partial charge in [0.15, 0.2) is 5.69 Å². The molecule has 3 amide bonds. The van der Waals surface area contributed by atoms with E-state index in [0.29, 0.717) is 43.5 Å². The number of nitriles is 1. The van der Waals surface area contributed by atoms with Crippen molar-refractivity contribution in [2.24, 2.45) is 0 Å². The number of aromatic nitrogens is 2. The molecule has 3 atom stereocenters. The zero-order valence-electron chi connectivity index (χ0n) is 25.3. The number of nitrogens with zero attached hydrogens (tertiary/aromatic N) is 5. The highest BCUT2D eigenvalue weighted by Crippen LogP contribution is 2.45. The molecule has 3 aromatic rings. The van der Waals surface area contributed by atoms with Crippen LogP contribution in [-0.4, -0.2) is 71.3 Å². The van der Waals surface area contributed by atoms with Gasteiger partial charge in [-0.1, -0.05) is 18.2 Å². The van der Waals surface area contributed by atoms with Crippen LogP contribution in [0.2, 0.25) is 0 Å². The van der Waals surface area contributed by atoms with Gasteiger partial charge in [0.1, 0.15) is 23.7 Å². The molecule has 10 nitrogen and oxygen atoms in total. The molecular formula is C32H32F4N6O4. The number of fused-ring (bicyclic) bond motifs is 1. The van der Waals surface area contributed by atoms with Crippen LogP contribution in [0.25, 0.3) is 0 Å². The summed E-state index contributed by atoms with van der Waals surface area (Å²) in [5.74, 6) is -3.50. The van der Waals surface area contributed by atoms with Crippen molar-refractivity contribution in [3.8, 4) is 6.07 Å². The molecule has 0 spiro atoms. The minimum absolute atomic E-state index is 0.0651. The SMILES string of the molecule is CCN1C(=O)[C@@H](NC(=O)c2cccc(C(F)(F)F)c2)[C@@H](c2ccc(F)cc2)c2c(C(=O)N(C)[C@@H](C)C#N)nn(C3CCOCC3)c21. The molecule has 0 bridgehead atoms. The number of carbonyl (C=O) groups excluding carboxylic acids is 3. The molecule has 3 heterocycles. The molecule has 2 aliphatic rings. The van der Waals surface area contributed by atoms with E-state index in [1.165, 1.54) is 54.1 Å². The number of anilines is 1. The molecule has 46 heavy (non-hydrogen) atoms. The van der Waals surface area contributed by atoms with Gasteiger partial charge in [-0.25, -0.2) is 9.07 Å². The fraction of sp³-hybridized carbons (Fsp3) is 0.406. The van der Waals surface area contributed by atoms with E-state index in [1.54, 1.807) is 11.6 Å². The predicted molar refractivity (Wildman–Crippen MR) is 157 cm³/mol. The van der Waals surface area contributed by atoms with E-state index in [1.807, 2.05) is 6.07 Å². The van der Waals surface area contributed by atoms with Crippen molar-refractivity contribution in [1.29, 1.82) is 5.26 Å². The van der Waals surface area contributed by atoms with Crippen molar-refractivity contribution in [1.82, 2.24) is 20.0 Å². The normalized spacial score (nSPS) is 19.3. The van der Waals surface area contributed by atoms with E-state index in [2.05, 4.69) is 5.32 Å². The molecule has 0 unspecified atom stereocenters. The van der Waals surface area contributed by atoms with E-state index in [4.69, 9.17) is 9.84 Å². The molecule has 0 radical (unpaired) electrons. The lowest BCUT2D eigenvalue weighted by Gasteiger charge is -2.39. The summed E-state index contributed by atoms with van der Waals surface area (Å²) in [6, 6.07) is 8.50. The van der Waals surface area contributed by atoms with Gasteiger partial charge in [-0.3, -0.25) is 19.3 Å². The molecule has 2 aromatic carbocycles. The van der Waals surface area contributed by atoms with Crippen LogP contribution in [0.4, 0.5) is 23.4 Å². The van der Waals surface area contributed by atoms with Crippen molar-refractivity contribution in [3.63, 3.8) is 0 Å². The Hall–Kier alpha value is -4.77. The first-order chi connectivity index (χ1) is 21.9. The van der Waals surface area contributed by atoms with Gasteiger partial charge >= 0.3 is 6.18 Å². The second-order valence-electron chi connectivity index (χ2n) is 11.2. The average molecular weight is 641 g/mol. The Kier molecular flexibility index (Phi) is 9.16. The van der Waals surface area contributed by atoms with Gasteiger partial charge in [0.05, 0.1) is 17.7 Å². The average Bonchev–Trinajstić information content (AvgIpc) is 3.44. The zero-order chi connectivity index (χ0) is 33.3. The topological polar surface area (TPSA) is 121 Å². The Labute approximate surface area is 262 Å². The summed E-state index contributed by atoms with van der Waals surface area (Å²) in [5.41, 5.74) is -0.799. The molecule has 1 N–H and O–H groups in total. The largest absolute Gasteiger partial charge is 0.416 e. The van der Waals surface area contributed by atoms with Crippen LogP contribution in [-0.2, 0) is 15.7 Å². The van der Waals surface area contributed by atoms with Gasteiger partial charge in [0.25, 0.3) is 17.7 Å². The van der Waals surface area contributed by atoms with Gasteiger partial charge in [-0.05, 0) is 62.6 Å². The third kappa shape index (κ3) is 6.06. The second-order valence-corrected chi connectivity index (χ2v) is 11.2. The second kappa shape index (κ2) is 12.9. The van der Waals surface area contributed by atoms with Gasteiger partial charge in [0.2, 0.25) is 0 Å². The highest BCUT2D eigenvalue weighted by molar-refractivity contribution is 6.07.